The number of nitrogens with zero attached hydrogens (tertiary/aromatic N) is 2. The molecule has 7 nitrogen and oxygen atoms in total. The predicted octanol–water partition coefficient (Wildman–Crippen LogP) is 4.02. The van der Waals surface area contributed by atoms with Crippen LogP contribution in [0.4, 0.5) is 10.2 Å². The predicted molar refractivity (Wildman–Crippen MR) is 135 cm³/mol. The smallest absolute Gasteiger partial charge is 0.141 e. The maximum atomic E-state index is 14.2. The SMILES string of the molecule is O=C[C@@H](c1cc(F)ccc1C1COCCO1)N1CC[C@@H](OCCCCc2ccc3c(n2)NCCC3)C1. The molecule has 3 atom stereocenters. The number of hydrogen-bond donors (Lipinski definition) is 1. The Labute approximate surface area is 212 Å². The van der Waals surface area contributed by atoms with Crippen LogP contribution in [0.15, 0.2) is 30.3 Å². The number of hydrogen-bond acceptors (Lipinski definition) is 7. The van der Waals surface area contributed by atoms with Gasteiger partial charge in [-0.15, -0.1) is 0 Å². The van der Waals surface area contributed by atoms with Crippen LogP contribution in [0.25, 0.3) is 0 Å². The lowest BCUT2D eigenvalue weighted by Gasteiger charge is -2.30. The second-order valence-corrected chi connectivity index (χ2v) is 9.86. The highest BCUT2D eigenvalue weighted by molar-refractivity contribution is 5.63. The zero-order valence-electron chi connectivity index (χ0n) is 20.8. The molecule has 0 bridgehead atoms. The minimum absolute atomic E-state index is 0.0739. The summed E-state index contributed by atoms with van der Waals surface area (Å²) in [5, 5.41) is 3.40. The minimum atomic E-state index is -0.529. The number of carbonyl (C=O) groups excluding carboxylic acids is 1. The lowest BCUT2D eigenvalue weighted by molar-refractivity contribution is -0.112. The average molecular weight is 498 g/mol. The molecule has 5 rings (SSSR count). The van der Waals surface area contributed by atoms with Crippen LogP contribution >= 0.6 is 0 Å². The Morgan fingerprint density at radius 2 is 2.19 bits per heavy atom. The average Bonchev–Trinajstić information content (AvgIpc) is 3.38. The van der Waals surface area contributed by atoms with Crippen LogP contribution in [-0.4, -0.2) is 68.3 Å². The minimum Gasteiger partial charge on any atom is -0.377 e. The zero-order valence-corrected chi connectivity index (χ0v) is 20.8. The van der Waals surface area contributed by atoms with Crippen LogP contribution in [0, 0.1) is 5.82 Å². The molecule has 0 aliphatic carbocycles. The highest BCUT2D eigenvalue weighted by atomic mass is 19.1. The first-order chi connectivity index (χ1) is 17.7. The van der Waals surface area contributed by atoms with Gasteiger partial charge in [-0.1, -0.05) is 12.1 Å². The summed E-state index contributed by atoms with van der Waals surface area (Å²) in [7, 11) is 0. The number of benzene rings is 1. The Hall–Kier alpha value is -2.39. The molecule has 8 heteroatoms. The maximum absolute atomic E-state index is 14.2. The number of aromatic nitrogens is 1. The fraction of sp³-hybridized carbons (Fsp3) is 0.571. The van der Waals surface area contributed by atoms with E-state index in [2.05, 4.69) is 22.3 Å². The molecular weight excluding hydrogens is 461 g/mol. The summed E-state index contributed by atoms with van der Waals surface area (Å²) < 4.78 is 31.7. The summed E-state index contributed by atoms with van der Waals surface area (Å²) in [6.45, 7) is 4.53. The fourth-order valence-corrected chi connectivity index (χ4v) is 5.43. The molecule has 3 aliphatic heterocycles. The third-order valence-electron chi connectivity index (χ3n) is 7.36. The second-order valence-electron chi connectivity index (χ2n) is 9.86. The van der Waals surface area contributed by atoms with Crippen molar-refractivity contribution in [1.82, 2.24) is 9.88 Å². The molecular formula is C28H36FN3O4. The van der Waals surface area contributed by atoms with Gasteiger partial charge in [0.15, 0.2) is 0 Å². The van der Waals surface area contributed by atoms with Gasteiger partial charge >= 0.3 is 0 Å². The van der Waals surface area contributed by atoms with Crippen molar-refractivity contribution in [3.8, 4) is 0 Å². The maximum Gasteiger partial charge on any atom is 0.141 e. The van der Waals surface area contributed by atoms with E-state index in [1.54, 1.807) is 6.07 Å². The number of aryl methyl sites for hydroxylation is 2. The summed E-state index contributed by atoms with van der Waals surface area (Å²) in [5.41, 5.74) is 3.93. The van der Waals surface area contributed by atoms with Crippen LogP contribution < -0.4 is 5.32 Å². The normalized spacial score (nSPS) is 23.1. The van der Waals surface area contributed by atoms with E-state index in [0.717, 1.165) is 68.6 Å². The van der Waals surface area contributed by atoms with E-state index in [-0.39, 0.29) is 18.0 Å². The first-order valence-electron chi connectivity index (χ1n) is 13.2. The summed E-state index contributed by atoms with van der Waals surface area (Å²) >= 11 is 0. The van der Waals surface area contributed by atoms with E-state index in [4.69, 9.17) is 19.2 Å². The molecule has 4 heterocycles. The zero-order chi connectivity index (χ0) is 24.7. The molecule has 2 aromatic rings. The van der Waals surface area contributed by atoms with Crippen LogP contribution in [-0.2, 0) is 31.8 Å². The lowest BCUT2D eigenvalue weighted by atomic mass is 9.96. The Bertz CT molecular complexity index is 1030. The first-order valence-corrected chi connectivity index (χ1v) is 13.2. The monoisotopic (exact) mass is 497 g/mol. The number of aldehydes is 1. The number of anilines is 1. The number of fused-ring (bicyclic) bond motifs is 1. The molecule has 1 N–H and O–H groups in total. The molecule has 1 aromatic heterocycles. The molecule has 36 heavy (non-hydrogen) atoms. The van der Waals surface area contributed by atoms with Gasteiger partial charge in [0.05, 0.1) is 32.0 Å². The van der Waals surface area contributed by atoms with Gasteiger partial charge < -0.3 is 24.3 Å². The van der Waals surface area contributed by atoms with Gasteiger partial charge in [-0.3, -0.25) is 4.90 Å². The van der Waals surface area contributed by atoms with E-state index < -0.39 is 6.04 Å². The molecule has 1 unspecified atom stereocenters. The van der Waals surface area contributed by atoms with Crippen molar-refractivity contribution >= 4 is 12.1 Å². The lowest BCUT2D eigenvalue weighted by Crippen LogP contribution is -2.31. The van der Waals surface area contributed by atoms with Gasteiger partial charge in [0.2, 0.25) is 0 Å². The van der Waals surface area contributed by atoms with Gasteiger partial charge in [0.1, 0.15) is 24.0 Å². The topological polar surface area (TPSA) is 72.9 Å². The van der Waals surface area contributed by atoms with Crippen molar-refractivity contribution < 1.29 is 23.4 Å². The molecule has 2 fully saturated rings. The van der Waals surface area contributed by atoms with Gasteiger partial charge in [-0.05, 0) is 73.4 Å². The molecule has 3 aliphatic rings. The number of pyridine rings is 1. The summed E-state index contributed by atoms with van der Waals surface area (Å²) in [4.78, 5) is 19.0. The van der Waals surface area contributed by atoms with E-state index in [9.17, 15) is 9.18 Å². The molecule has 2 saturated heterocycles. The van der Waals surface area contributed by atoms with Crippen LogP contribution in [0.1, 0.15) is 60.2 Å². The third kappa shape index (κ3) is 6.11. The Morgan fingerprint density at radius 1 is 1.25 bits per heavy atom. The fourth-order valence-electron chi connectivity index (χ4n) is 5.43. The van der Waals surface area contributed by atoms with Crippen molar-refractivity contribution in [2.24, 2.45) is 0 Å². The number of halogens is 1. The molecule has 0 radical (unpaired) electrons. The Morgan fingerprint density at radius 3 is 3.06 bits per heavy atom. The standard InChI is InChI=1S/C28H36FN3O4/c29-21-7-9-24(27-19-34-14-15-36-27)25(16-21)26(18-33)32-12-10-23(17-32)35-13-2-1-5-22-8-6-20-4-3-11-30-28(20)31-22/h6-9,16,18,23,26-27H,1-5,10-15,17,19H2,(H,30,31)/t23-,26+,27?/m1/s1. The molecule has 0 spiro atoms. The summed E-state index contributed by atoms with van der Waals surface area (Å²) in [6, 6.07) is 8.42. The van der Waals surface area contributed by atoms with Gasteiger partial charge in [0, 0.05) is 31.9 Å². The molecule has 0 amide bonds. The Kier molecular flexibility index (Phi) is 8.59. The largest absolute Gasteiger partial charge is 0.377 e. The highest BCUT2D eigenvalue weighted by Crippen LogP contribution is 2.33. The molecule has 194 valence electrons. The number of carbonyl (C=O) groups is 1. The van der Waals surface area contributed by atoms with E-state index in [1.807, 2.05) is 0 Å². The number of likely N-dealkylation sites (tertiary alicyclic amines) is 1. The highest BCUT2D eigenvalue weighted by Gasteiger charge is 2.32. The van der Waals surface area contributed by atoms with Crippen molar-refractivity contribution in [3.05, 3.63) is 58.5 Å². The second kappa shape index (κ2) is 12.2. The van der Waals surface area contributed by atoms with E-state index in [0.29, 0.717) is 38.5 Å². The van der Waals surface area contributed by atoms with Crippen LogP contribution in [0.5, 0.6) is 0 Å². The van der Waals surface area contributed by atoms with Crippen LogP contribution in [0.2, 0.25) is 0 Å². The van der Waals surface area contributed by atoms with Gasteiger partial charge in [-0.25, -0.2) is 9.37 Å². The number of ether oxygens (including phenoxy) is 3. The van der Waals surface area contributed by atoms with Crippen molar-refractivity contribution in [2.45, 2.75) is 56.8 Å². The summed E-state index contributed by atoms with van der Waals surface area (Å²) in [5.74, 6) is 0.698. The summed E-state index contributed by atoms with van der Waals surface area (Å²) in [6.07, 6.45) is 6.76. The Balaban J connectivity index is 1.10. The first kappa shape index (κ1) is 25.3. The number of unbranched alkanes of at least 4 members (excludes halogenated alkanes) is 1. The van der Waals surface area contributed by atoms with Crippen LogP contribution in [0.3, 0.4) is 0 Å². The van der Waals surface area contributed by atoms with Crippen molar-refractivity contribution in [3.63, 3.8) is 0 Å². The van der Waals surface area contributed by atoms with Gasteiger partial charge in [-0.2, -0.15) is 0 Å². The molecule has 1 aromatic carbocycles. The number of rotatable bonds is 10. The van der Waals surface area contributed by atoms with Gasteiger partial charge in [0.25, 0.3) is 0 Å². The van der Waals surface area contributed by atoms with E-state index >= 15 is 0 Å². The molecule has 0 saturated carbocycles. The van der Waals surface area contributed by atoms with Crippen molar-refractivity contribution in [2.75, 3.05) is 51.4 Å². The van der Waals surface area contributed by atoms with Crippen molar-refractivity contribution in [1.29, 1.82) is 0 Å². The number of nitrogens with one attached hydrogen (secondary N) is 1. The van der Waals surface area contributed by atoms with E-state index in [1.165, 1.54) is 24.1 Å². The third-order valence-corrected chi connectivity index (χ3v) is 7.36. The quantitative estimate of drug-likeness (QED) is 0.393.